The summed E-state index contributed by atoms with van der Waals surface area (Å²) in [5, 5.41) is 10.2. The summed E-state index contributed by atoms with van der Waals surface area (Å²) in [6, 6.07) is 13.5. The number of aliphatic carboxylic acids is 1. The van der Waals surface area contributed by atoms with E-state index in [9.17, 15) is 32.7 Å². The molecule has 186 valence electrons. The average Bonchev–Trinajstić information content (AvgIpc) is 3.34. The quantitative estimate of drug-likeness (QED) is 0.628. The van der Waals surface area contributed by atoms with Crippen molar-refractivity contribution >= 4 is 29.7 Å². The number of benzene rings is 2. The van der Waals surface area contributed by atoms with E-state index in [0.29, 0.717) is 11.8 Å². The normalized spacial score (nSPS) is 21.1. The van der Waals surface area contributed by atoms with Gasteiger partial charge in [0, 0.05) is 11.7 Å². The molecule has 2 aromatic carbocycles. The van der Waals surface area contributed by atoms with Gasteiger partial charge in [0.2, 0.25) is 5.54 Å². The number of thioether (sulfide) groups is 1. The molecular formula is C24H23F3N2O5S. The number of halogens is 3. The predicted octanol–water partition coefficient (Wildman–Crippen LogP) is 4.22. The van der Waals surface area contributed by atoms with E-state index in [1.807, 2.05) is 48.5 Å². The number of hydrogen-bond donors (Lipinski definition) is 2. The zero-order valence-corrected chi connectivity index (χ0v) is 19.7. The van der Waals surface area contributed by atoms with E-state index < -0.39 is 41.1 Å². The smallest absolute Gasteiger partial charge is 0.420 e. The van der Waals surface area contributed by atoms with E-state index in [4.69, 9.17) is 4.74 Å². The van der Waals surface area contributed by atoms with Crippen LogP contribution in [0.1, 0.15) is 30.9 Å². The Labute approximate surface area is 203 Å². The first-order valence-corrected chi connectivity index (χ1v) is 11.9. The lowest BCUT2D eigenvalue weighted by Crippen LogP contribution is -2.67. The van der Waals surface area contributed by atoms with E-state index in [0.717, 1.165) is 34.0 Å². The Bertz CT molecular complexity index is 1130. The molecule has 0 aromatic heterocycles. The summed E-state index contributed by atoms with van der Waals surface area (Å²) in [6.07, 6.45) is -6.63. The number of ether oxygens (including phenoxy) is 1. The van der Waals surface area contributed by atoms with Gasteiger partial charge in [0.15, 0.2) is 0 Å². The van der Waals surface area contributed by atoms with E-state index in [-0.39, 0.29) is 18.3 Å². The van der Waals surface area contributed by atoms with Crippen LogP contribution in [-0.2, 0) is 14.3 Å². The van der Waals surface area contributed by atoms with Gasteiger partial charge < -0.3 is 14.7 Å². The van der Waals surface area contributed by atoms with Gasteiger partial charge in [-0.05, 0) is 36.1 Å². The number of fused-ring (bicyclic) bond motifs is 3. The third-order valence-corrected chi connectivity index (χ3v) is 7.65. The van der Waals surface area contributed by atoms with Crippen LogP contribution in [0.5, 0.6) is 0 Å². The van der Waals surface area contributed by atoms with Gasteiger partial charge in [0.25, 0.3) is 5.91 Å². The van der Waals surface area contributed by atoms with Crippen LogP contribution in [-0.4, -0.2) is 63.5 Å². The Morgan fingerprint density at radius 1 is 1.09 bits per heavy atom. The molecule has 1 fully saturated rings. The van der Waals surface area contributed by atoms with Crippen LogP contribution < -0.4 is 5.32 Å². The number of alkyl carbamates (subject to hydrolysis) is 1. The van der Waals surface area contributed by atoms with Gasteiger partial charge in [-0.1, -0.05) is 48.5 Å². The van der Waals surface area contributed by atoms with Crippen LogP contribution in [0.2, 0.25) is 0 Å². The largest absolute Gasteiger partial charge is 0.480 e. The SMILES string of the molecule is CC1SCC(C(=O)O)N1C(=O)C(C)(NC(=O)OCC1c2ccccc2-c2ccccc21)C(F)(F)F. The number of alkyl halides is 3. The van der Waals surface area contributed by atoms with Crippen molar-refractivity contribution in [1.82, 2.24) is 10.2 Å². The van der Waals surface area contributed by atoms with Gasteiger partial charge in [-0.2, -0.15) is 13.2 Å². The van der Waals surface area contributed by atoms with Crippen molar-refractivity contribution in [1.29, 1.82) is 0 Å². The van der Waals surface area contributed by atoms with Gasteiger partial charge in [-0.15, -0.1) is 11.8 Å². The molecule has 0 bridgehead atoms. The molecule has 2 aromatic rings. The average molecular weight is 509 g/mol. The molecule has 1 saturated heterocycles. The Hall–Kier alpha value is -3.21. The summed E-state index contributed by atoms with van der Waals surface area (Å²) in [6.45, 7) is 1.72. The molecule has 0 saturated carbocycles. The molecule has 2 amide bonds. The van der Waals surface area contributed by atoms with E-state index in [1.54, 1.807) is 5.32 Å². The summed E-state index contributed by atoms with van der Waals surface area (Å²) in [4.78, 5) is 37.8. The van der Waals surface area contributed by atoms with Crippen molar-refractivity contribution in [2.75, 3.05) is 12.4 Å². The Balaban J connectivity index is 1.53. The van der Waals surface area contributed by atoms with Crippen LogP contribution in [0.25, 0.3) is 11.1 Å². The summed E-state index contributed by atoms with van der Waals surface area (Å²) in [5.74, 6) is -3.40. The van der Waals surface area contributed by atoms with Crippen LogP contribution in [0.3, 0.4) is 0 Å². The number of carbonyl (C=O) groups is 3. The Morgan fingerprint density at radius 3 is 2.14 bits per heavy atom. The number of rotatable bonds is 5. The van der Waals surface area contributed by atoms with Crippen molar-refractivity contribution < 1.29 is 37.4 Å². The molecule has 2 N–H and O–H groups in total. The van der Waals surface area contributed by atoms with E-state index in [1.165, 1.54) is 6.92 Å². The molecule has 35 heavy (non-hydrogen) atoms. The summed E-state index contributed by atoms with van der Waals surface area (Å²) in [5.41, 5.74) is 0.287. The standard InChI is InChI=1S/C24H23F3N2O5S/c1-13-29(19(12-35-13)20(30)31)21(32)23(2,24(25,26)27)28-22(33)34-11-18-16-9-5-3-7-14(16)15-8-4-6-10-17(15)18/h3-10,13,18-19H,11-12H2,1-2H3,(H,28,33)(H,30,31). The third-order valence-electron chi connectivity index (χ3n) is 6.43. The molecule has 3 atom stereocenters. The lowest BCUT2D eigenvalue weighted by Gasteiger charge is -2.37. The predicted molar refractivity (Wildman–Crippen MR) is 123 cm³/mol. The molecule has 1 aliphatic heterocycles. The Kier molecular flexibility index (Phi) is 6.48. The minimum Gasteiger partial charge on any atom is -0.480 e. The van der Waals surface area contributed by atoms with Crippen LogP contribution in [0, 0.1) is 0 Å². The van der Waals surface area contributed by atoms with Crippen LogP contribution in [0.4, 0.5) is 18.0 Å². The monoisotopic (exact) mass is 508 g/mol. The van der Waals surface area contributed by atoms with Crippen LogP contribution in [0.15, 0.2) is 48.5 Å². The van der Waals surface area contributed by atoms with Gasteiger partial charge in [0.05, 0.1) is 5.37 Å². The fourth-order valence-corrected chi connectivity index (χ4v) is 5.65. The van der Waals surface area contributed by atoms with Crippen molar-refractivity contribution in [3.8, 4) is 11.1 Å². The maximum absolute atomic E-state index is 14.1. The number of hydrogen-bond acceptors (Lipinski definition) is 5. The molecule has 7 nitrogen and oxygen atoms in total. The lowest BCUT2D eigenvalue weighted by molar-refractivity contribution is -0.202. The minimum absolute atomic E-state index is 0.0544. The second kappa shape index (κ2) is 9.10. The van der Waals surface area contributed by atoms with E-state index >= 15 is 0 Å². The molecule has 0 spiro atoms. The molecule has 2 aliphatic rings. The summed E-state index contributed by atoms with van der Waals surface area (Å²) in [7, 11) is 0. The molecule has 4 rings (SSSR count). The second-order valence-electron chi connectivity index (χ2n) is 8.57. The topological polar surface area (TPSA) is 95.9 Å². The zero-order chi connectivity index (χ0) is 25.5. The lowest BCUT2D eigenvalue weighted by atomic mass is 9.98. The molecule has 11 heteroatoms. The van der Waals surface area contributed by atoms with Gasteiger partial charge >= 0.3 is 18.2 Å². The maximum Gasteiger partial charge on any atom is 0.420 e. The molecule has 1 heterocycles. The van der Waals surface area contributed by atoms with Crippen molar-refractivity contribution in [3.63, 3.8) is 0 Å². The van der Waals surface area contributed by atoms with Crippen LogP contribution >= 0.6 is 11.8 Å². The Morgan fingerprint density at radius 2 is 1.63 bits per heavy atom. The van der Waals surface area contributed by atoms with Gasteiger partial charge in [-0.25, -0.2) is 9.59 Å². The number of carbonyl (C=O) groups excluding carboxylic acids is 2. The number of nitrogens with zero attached hydrogens (tertiary/aromatic N) is 1. The van der Waals surface area contributed by atoms with E-state index in [2.05, 4.69) is 0 Å². The molecule has 1 aliphatic carbocycles. The van der Waals surface area contributed by atoms with Gasteiger partial charge in [0.1, 0.15) is 12.6 Å². The summed E-state index contributed by atoms with van der Waals surface area (Å²) >= 11 is 1.04. The van der Waals surface area contributed by atoms with Crippen molar-refractivity contribution in [2.24, 2.45) is 0 Å². The van der Waals surface area contributed by atoms with Crippen molar-refractivity contribution in [3.05, 3.63) is 59.7 Å². The maximum atomic E-state index is 14.1. The fourth-order valence-electron chi connectivity index (χ4n) is 4.48. The fraction of sp³-hybridized carbons (Fsp3) is 0.375. The summed E-state index contributed by atoms with van der Waals surface area (Å²) < 4.78 is 47.5. The first kappa shape index (κ1) is 24.9. The first-order valence-electron chi connectivity index (χ1n) is 10.8. The highest BCUT2D eigenvalue weighted by Gasteiger charge is 2.62. The molecular weight excluding hydrogens is 485 g/mol. The van der Waals surface area contributed by atoms with Gasteiger partial charge in [-0.3, -0.25) is 10.1 Å². The second-order valence-corrected chi connectivity index (χ2v) is 9.92. The highest BCUT2D eigenvalue weighted by atomic mass is 32.2. The molecule has 3 unspecified atom stereocenters. The number of carboxylic acid groups (broad SMARTS) is 1. The number of amides is 2. The first-order chi connectivity index (χ1) is 16.5. The highest BCUT2D eigenvalue weighted by Crippen LogP contribution is 2.44. The number of carboxylic acids is 1. The number of nitrogens with one attached hydrogen (secondary N) is 1. The highest BCUT2D eigenvalue weighted by molar-refractivity contribution is 8.00. The third kappa shape index (κ3) is 4.33. The zero-order valence-electron chi connectivity index (χ0n) is 18.8. The minimum atomic E-state index is -5.20. The van der Waals surface area contributed by atoms with Crippen molar-refractivity contribution in [2.45, 2.75) is 42.9 Å². The molecule has 0 radical (unpaired) electrons.